The summed E-state index contributed by atoms with van der Waals surface area (Å²) in [5.41, 5.74) is 7.97. The number of aromatic nitrogens is 5. The van der Waals surface area contributed by atoms with Crippen LogP contribution in [0.3, 0.4) is 0 Å². The van der Waals surface area contributed by atoms with E-state index in [9.17, 15) is 9.90 Å². The second-order valence-corrected chi connectivity index (χ2v) is 8.00. The molecule has 1 fully saturated rings. The van der Waals surface area contributed by atoms with Crippen molar-refractivity contribution < 1.29 is 5.11 Å². The molecule has 0 saturated carbocycles. The van der Waals surface area contributed by atoms with Crippen molar-refractivity contribution >= 4 is 22.5 Å². The largest absolute Gasteiger partial charge is 0.391 e. The van der Waals surface area contributed by atoms with Crippen LogP contribution in [0.4, 0.5) is 11.6 Å². The van der Waals surface area contributed by atoms with Crippen LogP contribution in [0.15, 0.2) is 17.1 Å². The molecule has 2 atom stereocenters. The molecule has 0 bridgehead atoms. The minimum atomic E-state index is -0.314. The van der Waals surface area contributed by atoms with Crippen molar-refractivity contribution in [2.75, 3.05) is 23.7 Å². The van der Waals surface area contributed by atoms with Gasteiger partial charge in [-0.3, -0.25) is 14.6 Å². The van der Waals surface area contributed by atoms with E-state index in [1.165, 1.54) is 0 Å². The third kappa shape index (κ3) is 2.86. The Morgan fingerprint density at radius 1 is 1.36 bits per heavy atom. The number of β-amino-alcohol motifs (C(OH)–C–C–N with tert-alkyl or cyclic N) is 1. The lowest BCUT2D eigenvalue weighted by Gasteiger charge is -2.20. The molecule has 9 nitrogen and oxygen atoms in total. The first-order valence-electron chi connectivity index (χ1n) is 9.64. The number of hydrogen-bond acceptors (Lipinski definition) is 6. The molecule has 0 amide bonds. The third-order valence-corrected chi connectivity index (χ3v) is 5.80. The van der Waals surface area contributed by atoms with Crippen molar-refractivity contribution in [1.82, 2.24) is 24.5 Å². The van der Waals surface area contributed by atoms with Crippen molar-refractivity contribution in [2.45, 2.75) is 39.3 Å². The van der Waals surface area contributed by atoms with Crippen LogP contribution < -0.4 is 16.2 Å². The Hall–Kier alpha value is -2.81. The van der Waals surface area contributed by atoms with Gasteiger partial charge in [0.2, 0.25) is 0 Å². The molecule has 0 aliphatic carbocycles. The van der Waals surface area contributed by atoms with Crippen LogP contribution in [-0.2, 0) is 7.05 Å². The summed E-state index contributed by atoms with van der Waals surface area (Å²) < 4.78 is 3.53. The van der Waals surface area contributed by atoms with E-state index in [1.807, 2.05) is 26.2 Å². The molecule has 0 radical (unpaired) electrons. The van der Waals surface area contributed by atoms with Gasteiger partial charge < -0.3 is 20.3 Å². The molecule has 9 heteroatoms. The lowest BCUT2D eigenvalue weighted by Crippen LogP contribution is -2.26. The predicted octanol–water partition coefficient (Wildman–Crippen LogP) is 1.50. The van der Waals surface area contributed by atoms with Crippen LogP contribution in [0.2, 0.25) is 0 Å². The molecule has 1 aliphatic rings. The number of pyridine rings is 1. The highest BCUT2D eigenvalue weighted by molar-refractivity contribution is 5.97. The van der Waals surface area contributed by atoms with Gasteiger partial charge in [-0.2, -0.15) is 10.2 Å². The van der Waals surface area contributed by atoms with Gasteiger partial charge in [-0.05, 0) is 19.3 Å². The Balaban J connectivity index is 1.89. The maximum Gasteiger partial charge on any atom is 0.264 e. The van der Waals surface area contributed by atoms with Crippen LogP contribution in [0.5, 0.6) is 0 Å². The zero-order valence-corrected chi connectivity index (χ0v) is 16.7. The number of nitrogen functional groups attached to an aromatic ring is 1. The average molecular weight is 385 g/mol. The molecule has 150 valence electrons. The summed E-state index contributed by atoms with van der Waals surface area (Å²) in [6.07, 6.45) is 2.28. The summed E-state index contributed by atoms with van der Waals surface area (Å²) >= 11 is 0. The van der Waals surface area contributed by atoms with E-state index in [2.05, 4.69) is 34.0 Å². The Bertz CT molecular complexity index is 1080. The van der Waals surface area contributed by atoms with Gasteiger partial charge in [-0.25, -0.2) is 0 Å². The van der Waals surface area contributed by atoms with Crippen molar-refractivity contribution in [1.29, 1.82) is 0 Å². The highest BCUT2D eigenvalue weighted by Crippen LogP contribution is 2.31. The highest BCUT2D eigenvalue weighted by atomic mass is 16.3. The topological polar surface area (TPSA) is 118 Å². The number of aryl methyl sites for hydroxylation is 1. The van der Waals surface area contributed by atoms with Crippen molar-refractivity contribution in [3.8, 4) is 11.3 Å². The number of hydrogen-bond donors (Lipinski definition) is 3. The third-order valence-electron chi connectivity index (χ3n) is 5.80. The van der Waals surface area contributed by atoms with Gasteiger partial charge in [0.15, 0.2) is 5.82 Å². The van der Waals surface area contributed by atoms with Crippen LogP contribution in [0, 0.1) is 5.92 Å². The van der Waals surface area contributed by atoms with Gasteiger partial charge in [0.05, 0.1) is 17.3 Å². The second kappa shape index (κ2) is 6.66. The average Bonchev–Trinajstić information content (AvgIpc) is 3.34. The summed E-state index contributed by atoms with van der Waals surface area (Å²) in [6, 6.07) is 1.99. The minimum absolute atomic E-state index is 0.00172. The van der Waals surface area contributed by atoms with E-state index >= 15 is 0 Å². The van der Waals surface area contributed by atoms with Crippen molar-refractivity contribution in [3.05, 3.63) is 22.6 Å². The monoisotopic (exact) mass is 385 g/mol. The fraction of sp³-hybridized carbons (Fsp3) is 0.526. The molecule has 28 heavy (non-hydrogen) atoms. The van der Waals surface area contributed by atoms with Gasteiger partial charge in [0.1, 0.15) is 11.2 Å². The molecule has 3 aromatic heterocycles. The van der Waals surface area contributed by atoms with Crippen LogP contribution >= 0.6 is 0 Å². The van der Waals surface area contributed by atoms with Crippen LogP contribution in [-0.4, -0.2) is 48.8 Å². The van der Waals surface area contributed by atoms with E-state index < -0.39 is 0 Å². The zero-order chi connectivity index (χ0) is 20.2. The molecule has 3 aromatic rings. The number of aromatic amines is 1. The van der Waals surface area contributed by atoms with Gasteiger partial charge in [-0.15, -0.1) is 0 Å². The number of anilines is 2. The SMILES string of the molecule is CC(C)[C@H](C)n1cc(-c2cc(N3CC[C@@H](O)C3)n(C)n2)c2[nH]nc(N)c2c1=O. The molecule has 0 unspecified atom stereocenters. The summed E-state index contributed by atoms with van der Waals surface area (Å²) in [6.45, 7) is 7.56. The molecule has 4 N–H and O–H groups in total. The van der Waals surface area contributed by atoms with Crippen LogP contribution in [0.1, 0.15) is 33.2 Å². The van der Waals surface area contributed by atoms with E-state index in [-0.39, 0.29) is 29.4 Å². The quantitative estimate of drug-likeness (QED) is 0.626. The summed E-state index contributed by atoms with van der Waals surface area (Å²) in [5, 5.41) is 21.9. The van der Waals surface area contributed by atoms with Gasteiger partial charge in [0, 0.05) is 44.0 Å². The van der Waals surface area contributed by atoms with E-state index in [1.54, 1.807) is 9.25 Å². The molecule has 0 aromatic carbocycles. The molecule has 0 spiro atoms. The molecular formula is C19H27N7O2. The standard InChI is InChI=1S/C19H27N7O2/c1-10(2)11(3)26-9-13(17-16(19(26)28)18(20)22-21-17)14-7-15(24(4)23-14)25-6-5-12(27)8-25/h7,9-12,27H,5-6,8H2,1-4H3,(H3,20,21,22)/t11-,12+/m0/s1. The number of nitrogens with two attached hydrogens (primary N) is 1. The Morgan fingerprint density at radius 2 is 2.11 bits per heavy atom. The van der Waals surface area contributed by atoms with Gasteiger partial charge in [0.25, 0.3) is 5.56 Å². The number of aliphatic hydroxyl groups excluding tert-OH is 1. The molecule has 1 aliphatic heterocycles. The van der Waals surface area contributed by atoms with E-state index in [0.29, 0.717) is 17.4 Å². The zero-order valence-electron chi connectivity index (χ0n) is 16.7. The second-order valence-electron chi connectivity index (χ2n) is 8.00. The lowest BCUT2D eigenvalue weighted by atomic mass is 10.0. The molecule has 4 rings (SSSR count). The fourth-order valence-electron chi connectivity index (χ4n) is 3.81. The molecular weight excluding hydrogens is 358 g/mol. The number of aliphatic hydroxyl groups is 1. The van der Waals surface area contributed by atoms with E-state index in [0.717, 1.165) is 30.0 Å². The Kier molecular flexibility index (Phi) is 4.41. The van der Waals surface area contributed by atoms with Gasteiger partial charge >= 0.3 is 0 Å². The summed E-state index contributed by atoms with van der Waals surface area (Å²) in [5.74, 6) is 1.41. The minimum Gasteiger partial charge on any atom is -0.391 e. The maximum atomic E-state index is 13.0. The first-order valence-corrected chi connectivity index (χ1v) is 9.64. The van der Waals surface area contributed by atoms with Crippen molar-refractivity contribution in [3.63, 3.8) is 0 Å². The first kappa shape index (κ1) is 18.5. The lowest BCUT2D eigenvalue weighted by molar-refractivity contribution is 0.198. The number of rotatable bonds is 4. The Labute approximate surface area is 162 Å². The number of fused-ring (bicyclic) bond motifs is 1. The molecule has 1 saturated heterocycles. The summed E-state index contributed by atoms with van der Waals surface area (Å²) in [7, 11) is 1.88. The number of nitrogens with one attached hydrogen (secondary N) is 1. The number of nitrogens with zero attached hydrogens (tertiary/aromatic N) is 5. The highest BCUT2D eigenvalue weighted by Gasteiger charge is 2.25. The maximum absolute atomic E-state index is 13.0. The summed E-state index contributed by atoms with van der Waals surface area (Å²) in [4.78, 5) is 15.1. The van der Waals surface area contributed by atoms with Crippen LogP contribution in [0.25, 0.3) is 22.2 Å². The smallest absolute Gasteiger partial charge is 0.264 e. The normalized spacial score (nSPS) is 18.5. The Morgan fingerprint density at radius 3 is 2.75 bits per heavy atom. The van der Waals surface area contributed by atoms with E-state index in [4.69, 9.17) is 5.73 Å². The number of H-pyrrole nitrogens is 1. The van der Waals surface area contributed by atoms with Gasteiger partial charge in [-0.1, -0.05) is 13.8 Å². The van der Waals surface area contributed by atoms with Crippen molar-refractivity contribution in [2.24, 2.45) is 13.0 Å². The molecule has 4 heterocycles. The predicted molar refractivity (Wildman–Crippen MR) is 109 cm³/mol. The first-order chi connectivity index (χ1) is 13.3. The fourth-order valence-corrected chi connectivity index (χ4v) is 3.81.